The van der Waals surface area contributed by atoms with Crippen molar-refractivity contribution < 1.29 is 0 Å². The van der Waals surface area contributed by atoms with Crippen LogP contribution < -0.4 is 0 Å². The van der Waals surface area contributed by atoms with E-state index in [9.17, 15) is 0 Å². The van der Waals surface area contributed by atoms with Crippen molar-refractivity contribution >= 4 is 11.3 Å². The zero-order chi connectivity index (χ0) is 9.97. The molecule has 0 spiro atoms. The fourth-order valence-corrected chi connectivity index (χ4v) is 2.67. The van der Waals surface area contributed by atoms with Gasteiger partial charge in [0.15, 0.2) is 5.01 Å². The molecule has 2 heterocycles. The first-order chi connectivity index (χ1) is 6.81. The van der Waals surface area contributed by atoms with Crippen molar-refractivity contribution in [1.82, 2.24) is 9.88 Å². The van der Waals surface area contributed by atoms with Gasteiger partial charge in [0.1, 0.15) is 0 Å². The van der Waals surface area contributed by atoms with E-state index >= 15 is 0 Å². The molecule has 0 N–H and O–H groups in total. The van der Waals surface area contributed by atoms with Gasteiger partial charge < -0.3 is 0 Å². The van der Waals surface area contributed by atoms with Crippen molar-refractivity contribution in [2.45, 2.75) is 25.8 Å². The van der Waals surface area contributed by atoms with Crippen molar-refractivity contribution in [3.05, 3.63) is 16.1 Å². The van der Waals surface area contributed by atoms with Gasteiger partial charge in [-0.2, -0.15) is 0 Å². The normalized spacial score (nSPS) is 19.4. The van der Waals surface area contributed by atoms with Crippen LogP contribution in [0.5, 0.6) is 0 Å². The highest BCUT2D eigenvalue weighted by molar-refractivity contribution is 7.12. The van der Waals surface area contributed by atoms with Gasteiger partial charge >= 0.3 is 0 Å². The molecule has 1 aliphatic rings. The van der Waals surface area contributed by atoms with Crippen molar-refractivity contribution in [1.29, 1.82) is 0 Å². The number of terminal acetylenes is 1. The van der Waals surface area contributed by atoms with Crippen LogP contribution in [0.15, 0.2) is 6.20 Å². The van der Waals surface area contributed by atoms with Crippen LogP contribution in [0.4, 0.5) is 0 Å². The molecule has 0 bridgehead atoms. The van der Waals surface area contributed by atoms with Crippen molar-refractivity contribution in [3.8, 4) is 12.3 Å². The minimum atomic E-state index is 0.483. The predicted molar refractivity (Wildman–Crippen MR) is 59.3 cm³/mol. The van der Waals surface area contributed by atoms with Gasteiger partial charge in [0.2, 0.25) is 0 Å². The standard InChI is InChI=1S/C11H14N2S/c1-3-11-12-8-10(14-11)9(2)13-6-4-5-7-13/h1,8-9H,4-7H2,2H3. The molecule has 1 atom stereocenters. The summed E-state index contributed by atoms with van der Waals surface area (Å²) in [5.74, 6) is 2.58. The third-order valence-electron chi connectivity index (χ3n) is 2.75. The van der Waals surface area contributed by atoms with Crippen LogP contribution in [0.3, 0.4) is 0 Å². The van der Waals surface area contributed by atoms with Crippen LogP contribution in [0.25, 0.3) is 0 Å². The average molecular weight is 206 g/mol. The molecule has 1 saturated heterocycles. The Bertz CT molecular complexity index is 344. The number of hydrogen-bond acceptors (Lipinski definition) is 3. The Morgan fingerprint density at radius 2 is 2.29 bits per heavy atom. The van der Waals surface area contributed by atoms with E-state index in [1.54, 1.807) is 11.3 Å². The van der Waals surface area contributed by atoms with Crippen LogP contribution in [0.1, 0.15) is 35.7 Å². The first kappa shape index (κ1) is 9.70. The fraction of sp³-hybridized carbons (Fsp3) is 0.545. The second kappa shape index (κ2) is 4.12. The number of likely N-dealkylation sites (tertiary alicyclic amines) is 1. The molecular weight excluding hydrogens is 192 g/mol. The molecule has 0 amide bonds. The van der Waals surface area contributed by atoms with E-state index in [2.05, 4.69) is 22.7 Å². The summed E-state index contributed by atoms with van der Waals surface area (Å²) in [6.07, 6.45) is 9.87. The van der Waals surface area contributed by atoms with Crippen LogP contribution in [0, 0.1) is 12.3 Å². The Kier molecular flexibility index (Phi) is 2.85. The highest BCUT2D eigenvalue weighted by Gasteiger charge is 2.20. The molecule has 1 aliphatic heterocycles. The van der Waals surface area contributed by atoms with Gasteiger partial charge in [0.25, 0.3) is 0 Å². The van der Waals surface area contributed by atoms with Crippen LogP contribution in [-0.4, -0.2) is 23.0 Å². The number of rotatable bonds is 2. The summed E-state index contributed by atoms with van der Waals surface area (Å²) in [7, 11) is 0. The summed E-state index contributed by atoms with van der Waals surface area (Å²) in [6.45, 7) is 4.66. The molecule has 0 aliphatic carbocycles. The van der Waals surface area contributed by atoms with Gasteiger partial charge in [-0.3, -0.25) is 4.90 Å². The maximum Gasteiger partial charge on any atom is 0.166 e. The van der Waals surface area contributed by atoms with Crippen LogP contribution >= 0.6 is 11.3 Å². The lowest BCUT2D eigenvalue weighted by atomic mass is 10.2. The maximum atomic E-state index is 5.30. The lowest BCUT2D eigenvalue weighted by Crippen LogP contribution is -2.22. The highest BCUT2D eigenvalue weighted by atomic mass is 32.1. The van der Waals surface area contributed by atoms with Gasteiger partial charge in [-0.05, 0) is 38.8 Å². The van der Waals surface area contributed by atoms with E-state index in [4.69, 9.17) is 6.42 Å². The number of aromatic nitrogens is 1. The van der Waals surface area contributed by atoms with Gasteiger partial charge in [-0.1, -0.05) is 0 Å². The molecule has 74 valence electrons. The average Bonchev–Trinajstić information content (AvgIpc) is 2.88. The highest BCUT2D eigenvalue weighted by Crippen LogP contribution is 2.28. The number of hydrogen-bond donors (Lipinski definition) is 0. The molecule has 2 nitrogen and oxygen atoms in total. The van der Waals surface area contributed by atoms with E-state index in [0.29, 0.717) is 6.04 Å². The van der Waals surface area contributed by atoms with Crippen LogP contribution in [-0.2, 0) is 0 Å². The lowest BCUT2D eigenvalue weighted by Gasteiger charge is -2.21. The van der Waals surface area contributed by atoms with Gasteiger partial charge in [0, 0.05) is 17.1 Å². The quantitative estimate of drug-likeness (QED) is 0.690. The van der Waals surface area contributed by atoms with Crippen LogP contribution in [0.2, 0.25) is 0 Å². The summed E-state index contributed by atoms with van der Waals surface area (Å²) in [4.78, 5) is 7.97. The summed E-state index contributed by atoms with van der Waals surface area (Å²) >= 11 is 1.64. The monoisotopic (exact) mass is 206 g/mol. The zero-order valence-electron chi connectivity index (χ0n) is 8.36. The van der Waals surface area contributed by atoms with Crippen molar-refractivity contribution in [3.63, 3.8) is 0 Å². The minimum Gasteiger partial charge on any atom is -0.296 e. The number of nitrogens with zero attached hydrogens (tertiary/aromatic N) is 2. The van der Waals surface area contributed by atoms with E-state index in [1.807, 2.05) is 6.20 Å². The lowest BCUT2D eigenvalue weighted by molar-refractivity contribution is 0.266. The first-order valence-electron chi connectivity index (χ1n) is 4.97. The summed E-state index contributed by atoms with van der Waals surface area (Å²) in [5, 5.41) is 0.797. The molecule has 0 saturated carbocycles. The Labute approximate surface area is 89.0 Å². The molecule has 2 rings (SSSR count). The Morgan fingerprint density at radius 1 is 1.57 bits per heavy atom. The maximum absolute atomic E-state index is 5.30. The third-order valence-corrected chi connectivity index (χ3v) is 3.85. The molecule has 1 aromatic rings. The molecule has 14 heavy (non-hydrogen) atoms. The molecule has 3 heteroatoms. The summed E-state index contributed by atoms with van der Waals surface area (Å²) in [5.41, 5.74) is 0. The Hall–Kier alpha value is -0.850. The van der Waals surface area contributed by atoms with Gasteiger partial charge in [0.05, 0.1) is 0 Å². The fourth-order valence-electron chi connectivity index (χ4n) is 1.86. The van der Waals surface area contributed by atoms with E-state index in [1.165, 1.54) is 30.8 Å². The van der Waals surface area contributed by atoms with E-state index in [-0.39, 0.29) is 0 Å². The van der Waals surface area contributed by atoms with E-state index in [0.717, 1.165) is 5.01 Å². The smallest absolute Gasteiger partial charge is 0.166 e. The molecule has 0 aromatic carbocycles. The SMILES string of the molecule is C#Cc1ncc(C(C)N2CCCC2)s1. The minimum absolute atomic E-state index is 0.483. The molecule has 1 fully saturated rings. The second-order valence-corrected chi connectivity index (χ2v) is 4.69. The van der Waals surface area contributed by atoms with Crippen molar-refractivity contribution in [2.75, 3.05) is 13.1 Å². The van der Waals surface area contributed by atoms with Gasteiger partial charge in [-0.25, -0.2) is 4.98 Å². The first-order valence-corrected chi connectivity index (χ1v) is 5.79. The largest absolute Gasteiger partial charge is 0.296 e. The Morgan fingerprint density at radius 3 is 2.86 bits per heavy atom. The van der Waals surface area contributed by atoms with Crippen molar-refractivity contribution in [2.24, 2.45) is 0 Å². The molecule has 0 radical (unpaired) electrons. The predicted octanol–water partition coefficient (Wildman–Crippen LogP) is 2.28. The second-order valence-electron chi connectivity index (χ2n) is 3.63. The third kappa shape index (κ3) is 1.82. The zero-order valence-corrected chi connectivity index (χ0v) is 9.18. The Balaban J connectivity index is 2.10. The molecule has 1 unspecified atom stereocenters. The number of thiazole rings is 1. The summed E-state index contributed by atoms with van der Waals surface area (Å²) < 4.78 is 0. The molecule has 1 aromatic heterocycles. The summed E-state index contributed by atoms with van der Waals surface area (Å²) in [6, 6.07) is 0.483. The van der Waals surface area contributed by atoms with Gasteiger partial charge in [-0.15, -0.1) is 17.8 Å². The topological polar surface area (TPSA) is 16.1 Å². The van der Waals surface area contributed by atoms with E-state index < -0.39 is 0 Å². The molecular formula is C11H14N2S.